The zero-order chi connectivity index (χ0) is 27.3. The number of aliphatic hydroxyl groups excluding tert-OH is 2. The van der Waals surface area contributed by atoms with Gasteiger partial charge in [-0.15, -0.1) is 0 Å². The molecule has 0 spiro atoms. The van der Waals surface area contributed by atoms with Crippen molar-refractivity contribution in [3.63, 3.8) is 0 Å². The third-order valence-electron chi connectivity index (χ3n) is 10.5. The van der Waals surface area contributed by atoms with Crippen LogP contribution >= 0.6 is 0 Å². The van der Waals surface area contributed by atoms with E-state index in [9.17, 15) is 24.6 Å². The van der Waals surface area contributed by atoms with Gasteiger partial charge in [0.2, 0.25) is 5.78 Å². The molecule has 4 aliphatic rings. The Morgan fingerprint density at radius 1 is 1.08 bits per heavy atom. The Morgan fingerprint density at radius 2 is 1.76 bits per heavy atom. The van der Waals surface area contributed by atoms with Gasteiger partial charge in [0.15, 0.2) is 5.76 Å². The Balaban J connectivity index is 1.86. The van der Waals surface area contributed by atoms with Crippen LogP contribution in [0.4, 0.5) is 0 Å². The van der Waals surface area contributed by atoms with Crippen LogP contribution in [0.1, 0.15) is 66.4 Å². The molecule has 2 saturated carbocycles. The predicted octanol–water partition coefficient (Wildman–Crippen LogP) is 4.18. The first-order chi connectivity index (χ1) is 17.2. The van der Waals surface area contributed by atoms with E-state index in [-0.39, 0.29) is 12.2 Å². The highest BCUT2D eigenvalue weighted by Gasteiger charge is 2.76. The maximum Gasteiger partial charge on any atom is 0.302 e. The van der Waals surface area contributed by atoms with E-state index in [1.807, 2.05) is 19.9 Å². The van der Waals surface area contributed by atoms with Crippen molar-refractivity contribution >= 4 is 23.1 Å². The summed E-state index contributed by atoms with van der Waals surface area (Å²) in [5.74, 6) is -2.30. The average Bonchev–Trinajstić information content (AvgIpc) is 3.42. The van der Waals surface area contributed by atoms with Crippen LogP contribution in [0, 0.1) is 27.6 Å². The number of methoxy groups -OCH3 is 1. The van der Waals surface area contributed by atoms with Crippen molar-refractivity contribution in [3.8, 4) is 0 Å². The largest absolute Gasteiger partial charge is 0.504 e. The number of carbonyl (C=O) groups is 3. The molecule has 1 aromatic rings. The van der Waals surface area contributed by atoms with Gasteiger partial charge in [0, 0.05) is 54.6 Å². The fourth-order valence-electron chi connectivity index (χ4n) is 8.66. The van der Waals surface area contributed by atoms with Crippen molar-refractivity contribution in [2.45, 2.75) is 79.1 Å². The number of Topliss-reactive ketones (excluding diaryl/α,β-unsaturated/α-hetero) is 2. The molecule has 0 bridgehead atoms. The third-order valence-corrected chi connectivity index (χ3v) is 10.5. The summed E-state index contributed by atoms with van der Waals surface area (Å²) in [5.41, 5.74) is -1.81. The zero-order valence-electron chi connectivity index (χ0n) is 22.5. The topological polar surface area (TPSA) is 123 Å². The lowest BCUT2D eigenvalue weighted by molar-refractivity contribution is -0.207. The number of fused-ring (bicyclic) bond motifs is 5. The first-order valence-electron chi connectivity index (χ1n) is 12.8. The minimum absolute atomic E-state index is 0.0899. The highest BCUT2D eigenvalue weighted by Crippen LogP contribution is 2.73. The Labute approximate surface area is 216 Å². The van der Waals surface area contributed by atoms with Gasteiger partial charge in [-0.05, 0) is 37.5 Å². The standard InChI is InChI=1S/C29H36O8/c1-14(30)37-18-11-17-16(15-8-9-36-13-15)10-20(32)28(17,5)29(6)23(18)27(4)21(35-7)12-19(31)26(2,3)24(27)22(33)25(29)34/h8-9,13,18,20-21,23,32-33H,10-12H2,1-7H3/t18-,20+,21-,23+,27+,28-,29-/m0/s1. The van der Waals surface area contributed by atoms with Gasteiger partial charge in [-0.1, -0.05) is 26.3 Å². The van der Waals surface area contributed by atoms with E-state index in [0.29, 0.717) is 18.4 Å². The molecule has 8 nitrogen and oxygen atoms in total. The minimum Gasteiger partial charge on any atom is -0.504 e. The molecule has 1 heterocycles. The molecule has 5 rings (SSSR count). The average molecular weight is 513 g/mol. The molecule has 4 aliphatic carbocycles. The quantitative estimate of drug-likeness (QED) is 0.579. The fraction of sp³-hybridized carbons (Fsp3) is 0.621. The van der Waals surface area contributed by atoms with Gasteiger partial charge in [0.05, 0.1) is 30.1 Å². The lowest BCUT2D eigenvalue weighted by Gasteiger charge is -2.66. The number of allylic oxidation sites excluding steroid dienone is 1. The molecule has 0 unspecified atom stereocenters. The van der Waals surface area contributed by atoms with Gasteiger partial charge in [0.1, 0.15) is 11.9 Å². The molecule has 7 atom stereocenters. The van der Waals surface area contributed by atoms with E-state index in [0.717, 1.165) is 16.7 Å². The smallest absolute Gasteiger partial charge is 0.302 e. The Bertz CT molecular complexity index is 1250. The van der Waals surface area contributed by atoms with Gasteiger partial charge in [-0.2, -0.15) is 0 Å². The highest BCUT2D eigenvalue weighted by atomic mass is 16.5. The number of esters is 1. The van der Waals surface area contributed by atoms with E-state index < -0.39 is 63.4 Å². The molecule has 0 radical (unpaired) electrons. The molecule has 8 heteroatoms. The molecule has 0 aromatic carbocycles. The molecule has 2 fully saturated rings. The number of rotatable bonds is 3. The lowest BCUT2D eigenvalue weighted by Crippen LogP contribution is -2.71. The van der Waals surface area contributed by atoms with Crippen molar-refractivity contribution in [2.24, 2.45) is 27.6 Å². The lowest BCUT2D eigenvalue weighted by atomic mass is 9.37. The van der Waals surface area contributed by atoms with Crippen molar-refractivity contribution in [1.82, 2.24) is 0 Å². The summed E-state index contributed by atoms with van der Waals surface area (Å²) in [6.45, 7) is 10.3. The summed E-state index contributed by atoms with van der Waals surface area (Å²) >= 11 is 0. The predicted molar refractivity (Wildman–Crippen MR) is 133 cm³/mol. The Hall–Kier alpha value is -2.71. The number of aliphatic hydroxyl groups is 2. The van der Waals surface area contributed by atoms with Crippen molar-refractivity contribution < 1.29 is 38.5 Å². The maximum absolute atomic E-state index is 14.4. The summed E-state index contributed by atoms with van der Waals surface area (Å²) in [4.78, 5) is 40.1. The van der Waals surface area contributed by atoms with Crippen LogP contribution in [0.15, 0.2) is 39.9 Å². The van der Waals surface area contributed by atoms with E-state index in [1.54, 1.807) is 33.3 Å². The normalized spacial score (nSPS) is 40.9. The van der Waals surface area contributed by atoms with Gasteiger partial charge in [-0.25, -0.2) is 0 Å². The van der Waals surface area contributed by atoms with Crippen LogP contribution in [0.5, 0.6) is 0 Å². The molecule has 2 N–H and O–H groups in total. The maximum atomic E-state index is 14.4. The van der Waals surface area contributed by atoms with Crippen LogP contribution in [-0.4, -0.2) is 53.2 Å². The van der Waals surface area contributed by atoms with Crippen LogP contribution < -0.4 is 0 Å². The highest BCUT2D eigenvalue weighted by molar-refractivity contribution is 6.04. The second-order valence-electron chi connectivity index (χ2n) is 12.2. The van der Waals surface area contributed by atoms with Gasteiger partial charge < -0.3 is 24.1 Å². The number of carbonyl (C=O) groups excluding carboxylic acids is 3. The van der Waals surface area contributed by atoms with Crippen LogP contribution in [-0.2, 0) is 23.9 Å². The molecule has 0 amide bonds. The first-order valence-corrected chi connectivity index (χ1v) is 12.8. The molecule has 37 heavy (non-hydrogen) atoms. The van der Waals surface area contributed by atoms with Gasteiger partial charge in [-0.3, -0.25) is 14.4 Å². The molecular weight excluding hydrogens is 476 g/mol. The third kappa shape index (κ3) is 2.94. The Kier molecular flexibility index (Phi) is 5.53. The number of furan rings is 1. The molecule has 200 valence electrons. The van der Waals surface area contributed by atoms with Crippen LogP contribution in [0.2, 0.25) is 0 Å². The van der Waals surface area contributed by atoms with E-state index in [4.69, 9.17) is 13.9 Å². The Morgan fingerprint density at radius 3 is 2.32 bits per heavy atom. The minimum atomic E-state index is -1.37. The SMILES string of the molecule is CO[C@H]1CC(=O)C(C)(C)C2=C(O)C(=O)[C@]3(C)[C@H]([C@@H](OC(C)=O)CC4=C(c5ccoc5)C[C@@H](O)[C@]43C)[C@]21C. The monoisotopic (exact) mass is 512 g/mol. The summed E-state index contributed by atoms with van der Waals surface area (Å²) in [5, 5.41) is 23.3. The summed E-state index contributed by atoms with van der Waals surface area (Å²) in [6, 6.07) is 1.81. The molecular formula is C29H36O8. The number of hydrogen-bond acceptors (Lipinski definition) is 8. The summed E-state index contributed by atoms with van der Waals surface area (Å²) < 4.78 is 17.2. The number of ketones is 2. The van der Waals surface area contributed by atoms with Crippen molar-refractivity contribution in [2.75, 3.05) is 7.11 Å². The first kappa shape index (κ1) is 25.9. The number of ether oxygens (including phenoxy) is 2. The van der Waals surface area contributed by atoms with Crippen LogP contribution in [0.25, 0.3) is 5.57 Å². The second kappa shape index (κ2) is 7.90. The summed E-state index contributed by atoms with van der Waals surface area (Å²) in [6.07, 6.45) is 1.49. The number of hydrogen-bond donors (Lipinski definition) is 2. The molecule has 0 saturated heterocycles. The molecule has 0 aliphatic heterocycles. The molecule has 1 aromatic heterocycles. The van der Waals surface area contributed by atoms with Gasteiger partial charge in [0.25, 0.3) is 0 Å². The van der Waals surface area contributed by atoms with Crippen molar-refractivity contribution in [3.05, 3.63) is 41.1 Å². The van der Waals surface area contributed by atoms with Crippen molar-refractivity contribution in [1.29, 1.82) is 0 Å². The summed E-state index contributed by atoms with van der Waals surface area (Å²) in [7, 11) is 1.52. The van der Waals surface area contributed by atoms with Gasteiger partial charge >= 0.3 is 5.97 Å². The van der Waals surface area contributed by atoms with E-state index in [1.165, 1.54) is 14.0 Å². The van der Waals surface area contributed by atoms with Crippen LogP contribution in [0.3, 0.4) is 0 Å². The van der Waals surface area contributed by atoms with E-state index >= 15 is 0 Å². The fourth-order valence-corrected chi connectivity index (χ4v) is 8.66. The van der Waals surface area contributed by atoms with E-state index in [2.05, 4.69) is 0 Å². The second-order valence-corrected chi connectivity index (χ2v) is 12.2. The zero-order valence-corrected chi connectivity index (χ0v) is 22.5.